The highest BCUT2D eigenvalue weighted by atomic mass is 16.2. The Balaban J connectivity index is 2.04. The van der Waals surface area contributed by atoms with Crippen molar-refractivity contribution < 1.29 is 4.79 Å². The van der Waals surface area contributed by atoms with E-state index in [1.165, 1.54) is 11.4 Å². The van der Waals surface area contributed by atoms with Gasteiger partial charge in [0.2, 0.25) is 5.91 Å². The molecule has 0 aliphatic carbocycles. The average molecular weight is 247 g/mol. The Morgan fingerprint density at radius 2 is 2.33 bits per heavy atom. The lowest BCUT2D eigenvalue weighted by atomic mass is 10.1. The molecule has 0 bridgehead atoms. The predicted octanol–water partition coefficient (Wildman–Crippen LogP) is 1.48. The van der Waals surface area contributed by atoms with E-state index < -0.39 is 0 Å². The van der Waals surface area contributed by atoms with E-state index in [9.17, 15) is 4.79 Å². The van der Waals surface area contributed by atoms with E-state index in [4.69, 9.17) is 0 Å². The van der Waals surface area contributed by atoms with Crippen LogP contribution in [0.2, 0.25) is 0 Å². The zero-order chi connectivity index (χ0) is 13.1. The normalized spacial score (nSPS) is 18.6. The van der Waals surface area contributed by atoms with Crippen LogP contribution in [0.25, 0.3) is 0 Å². The number of aromatic nitrogens is 1. The summed E-state index contributed by atoms with van der Waals surface area (Å²) in [6.07, 6.45) is 1.77. The van der Waals surface area contributed by atoms with Crippen molar-refractivity contribution >= 4 is 5.91 Å². The van der Waals surface area contributed by atoms with Gasteiger partial charge in [0.05, 0.1) is 12.6 Å². The van der Waals surface area contributed by atoms with Gasteiger partial charge in [0, 0.05) is 31.0 Å². The van der Waals surface area contributed by atoms with Crippen molar-refractivity contribution in [1.29, 1.82) is 0 Å². The number of amides is 1. The first-order chi connectivity index (χ1) is 8.65. The zero-order valence-corrected chi connectivity index (χ0v) is 11.1. The summed E-state index contributed by atoms with van der Waals surface area (Å²) >= 11 is 0. The molecular formula is C14H21N3O. The summed E-state index contributed by atoms with van der Waals surface area (Å²) in [6.45, 7) is 10.6. The molecule has 98 valence electrons. The molecule has 0 radical (unpaired) electrons. The predicted molar refractivity (Wildman–Crippen MR) is 72.4 cm³/mol. The number of hydrogen-bond acceptors (Lipinski definition) is 2. The first-order valence-corrected chi connectivity index (χ1v) is 6.42. The van der Waals surface area contributed by atoms with Gasteiger partial charge in [-0.25, -0.2) is 0 Å². The molecule has 0 fully saturated rings. The maximum absolute atomic E-state index is 12.1. The Kier molecular flexibility index (Phi) is 3.87. The standard InChI is InChI=1S/C14H21N3O/c1-4-7-15-10-14(18)17-9-8-16-11(2)5-6-13(16)12(17)3/h4-6,12,15H,1,7-10H2,2-3H3. The number of carbonyl (C=O) groups excluding carboxylic acids is 1. The van der Waals surface area contributed by atoms with Gasteiger partial charge in [-0.05, 0) is 26.0 Å². The smallest absolute Gasteiger partial charge is 0.237 e. The summed E-state index contributed by atoms with van der Waals surface area (Å²) in [4.78, 5) is 14.1. The molecule has 1 aromatic rings. The van der Waals surface area contributed by atoms with E-state index in [1.54, 1.807) is 6.08 Å². The van der Waals surface area contributed by atoms with Gasteiger partial charge < -0.3 is 14.8 Å². The van der Waals surface area contributed by atoms with Gasteiger partial charge in [0.15, 0.2) is 0 Å². The van der Waals surface area contributed by atoms with E-state index in [0.29, 0.717) is 13.1 Å². The lowest BCUT2D eigenvalue weighted by molar-refractivity contribution is -0.133. The Bertz CT molecular complexity index is 450. The Labute approximate surface area is 108 Å². The second-order valence-electron chi connectivity index (χ2n) is 4.73. The highest BCUT2D eigenvalue weighted by Crippen LogP contribution is 2.26. The fraction of sp³-hybridized carbons (Fsp3) is 0.500. The summed E-state index contributed by atoms with van der Waals surface area (Å²) in [5.74, 6) is 0.162. The summed E-state index contributed by atoms with van der Waals surface area (Å²) in [5, 5.41) is 3.07. The first kappa shape index (κ1) is 12.9. The van der Waals surface area contributed by atoms with Crippen LogP contribution in [0.15, 0.2) is 24.8 Å². The molecule has 1 aliphatic rings. The van der Waals surface area contributed by atoms with E-state index >= 15 is 0 Å². The molecule has 0 spiro atoms. The van der Waals surface area contributed by atoms with Crippen LogP contribution < -0.4 is 5.32 Å². The number of fused-ring (bicyclic) bond motifs is 1. The average Bonchev–Trinajstić information content (AvgIpc) is 2.73. The molecule has 0 saturated carbocycles. The molecule has 18 heavy (non-hydrogen) atoms. The van der Waals surface area contributed by atoms with Crippen LogP contribution in [0.3, 0.4) is 0 Å². The fourth-order valence-electron chi connectivity index (χ4n) is 2.54. The molecule has 1 N–H and O–H groups in total. The lowest BCUT2D eigenvalue weighted by Crippen LogP contribution is -2.44. The molecule has 0 aromatic carbocycles. The maximum atomic E-state index is 12.1. The molecule has 1 aliphatic heterocycles. The monoisotopic (exact) mass is 247 g/mol. The van der Waals surface area contributed by atoms with Crippen LogP contribution in [0, 0.1) is 6.92 Å². The molecule has 0 saturated heterocycles. The molecule has 1 amide bonds. The van der Waals surface area contributed by atoms with Gasteiger partial charge >= 0.3 is 0 Å². The van der Waals surface area contributed by atoms with Crippen molar-refractivity contribution in [3.05, 3.63) is 36.2 Å². The largest absolute Gasteiger partial charge is 0.345 e. The number of nitrogens with one attached hydrogen (secondary N) is 1. The second-order valence-corrected chi connectivity index (χ2v) is 4.73. The van der Waals surface area contributed by atoms with E-state index in [2.05, 4.69) is 42.4 Å². The topological polar surface area (TPSA) is 37.3 Å². The lowest BCUT2D eigenvalue weighted by Gasteiger charge is -2.35. The Hall–Kier alpha value is -1.55. The molecule has 4 nitrogen and oxygen atoms in total. The number of nitrogens with zero attached hydrogens (tertiary/aromatic N) is 2. The quantitative estimate of drug-likeness (QED) is 0.646. The van der Waals surface area contributed by atoms with Crippen LogP contribution >= 0.6 is 0 Å². The molecule has 1 aromatic heterocycles. The fourth-order valence-corrected chi connectivity index (χ4v) is 2.54. The van der Waals surface area contributed by atoms with Crippen LogP contribution in [-0.4, -0.2) is 35.0 Å². The van der Waals surface area contributed by atoms with Gasteiger partial charge in [-0.2, -0.15) is 0 Å². The number of carbonyl (C=O) groups is 1. The number of aryl methyl sites for hydroxylation is 1. The highest BCUT2D eigenvalue weighted by Gasteiger charge is 2.27. The maximum Gasteiger partial charge on any atom is 0.237 e. The van der Waals surface area contributed by atoms with E-state index in [1.807, 2.05) is 4.90 Å². The Morgan fingerprint density at radius 3 is 3.06 bits per heavy atom. The summed E-state index contributed by atoms with van der Waals surface area (Å²) in [7, 11) is 0. The summed E-state index contributed by atoms with van der Waals surface area (Å²) < 4.78 is 2.30. The summed E-state index contributed by atoms with van der Waals surface area (Å²) in [6, 6.07) is 4.40. The third-order valence-corrected chi connectivity index (χ3v) is 3.58. The molecule has 1 atom stereocenters. The van der Waals surface area contributed by atoms with Gasteiger partial charge in [-0.15, -0.1) is 6.58 Å². The van der Waals surface area contributed by atoms with Crippen LogP contribution in [-0.2, 0) is 11.3 Å². The number of rotatable bonds is 4. The van der Waals surface area contributed by atoms with Crippen LogP contribution in [0.5, 0.6) is 0 Å². The van der Waals surface area contributed by atoms with Crippen molar-refractivity contribution in [3.8, 4) is 0 Å². The van der Waals surface area contributed by atoms with Crippen LogP contribution in [0.1, 0.15) is 24.4 Å². The van der Waals surface area contributed by atoms with Crippen molar-refractivity contribution in [2.24, 2.45) is 0 Å². The minimum absolute atomic E-state index is 0.158. The SMILES string of the molecule is C=CCNCC(=O)N1CCn2c(C)ccc2C1C. The first-order valence-electron chi connectivity index (χ1n) is 6.42. The minimum atomic E-state index is 0.158. The van der Waals surface area contributed by atoms with Crippen molar-refractivity contribution in [2.45, 2.75) is 26.4 Å². The van der Waals surface area contributed by atoms with Crippen molar-refractivity contribution in [2.75, 3.05) is 19.6 Å². The Morgan fingerprint density at radius 1 is 1.56 bits per heavy atom. The molecule has 2 heterocycles. The minimum Gasteiger partial charge on any atom is -0.345 e. The van der Waals surface area contributed by atoms with E-state index in [0.717, 1.165) is 13.1 Å². The van der Waals surface area contributed by atoms with Gasteiger partial charge in [-0.1, -0.05) is 6.08 Å². The van der Waals surface area contributed by atoms with E-state index in [-0.39, 0.29) is 11.9 Å². The zero-order valence-electron chi connectivity index (χ0n) is 11.1. The van der Waals surface area contributed by atoms with Gasteiger partial charge in [0.1, 0.15) is 0 Å². The molecular weight excluding hydrogens is 226 g/mol. The number of hydrogen-bond donors (Lipinski definition) is 1. The van der Waals surface area contributed by atoms with Crippen LogP contribution in [0.4, 0.5) is 0 Å². The summed E-state index contributed by atoms with van der Waals surface area (Å²) in [5.41, 5.74) is 2.50. The molecule has 1 unspecified atom stereocenters. The third-order valence-electron chi connectivity index (χ3n) is 3.58. The molecule has 2 rings (SSSR count). The van der Waals surface area contributed by atoms with Gasteiger partial charge in [0.25, 0.3) is 0 Å². The van der Waals surface area contributed by atoms with Crippen molar-refractivity contribution in [3.63, 3.8) is 0 Å². The van der Waals surface area contributed by atoms with Crippen molar-refractivity contribution in [1.82, 2.24) is 14.8 Å². The third kappa shape index (κ3) is 2.34. The molecule has 4 heteroatoms. The van der Waals surface area contributed by atoms with Gasteiger partial charge in [-0.3, -0.25) is 4.79 Å². The second kappa shape index (κ2) is 5.40. The highest BCUT2D eigenvalue weighted by molar-refractivity contribution is 5.78.